The average molecular weight is 475 g/mol. The highest BCUT2D eigenvalue weighted by atomic mass is 16.5. The maximum Gasteiger partial charge on any atom is 0.343 e. The average Bonchev–Trinajstić information content (AvgIpc) is 3.15. The van der Waals surface area contributed by atoms with E-state index in [0.717, 1.165) is 32.1 Å². The van der Waals surface area contributed by atoms with Gasteiger partial charge in [-0.1, -0.05) is 82.5 Å². The van der Waals surface area contributed by atoms with Gasteiger partial charge in [0.05, 0.1) is 12.2 Å². The molecule has 1 aliphatic carbocycles. The molecular weight excluding hydrogens is 428 g/mol. The van der Waals surface area contributed by atoms with E-state index in [0.29, 0.717) is 29.7 Å². The van der Waals surface area contributed by atoms with Crippen LogP contribution >= 0.6 is 0 Å². The number of methoxy groups -OCH3 is 1. The number of benzene rings is 1. The molecule has 3 N–H and O–H groups in total. The van der Waals surface area contributed by atoms with E-state index in [1.165, 1.54) is 26.4 Å². The van der Waals surface area contributed by atoms with E-state index in [9.17, 15) is 20.1 Å². The summed E-state index contributed by atoms with van der Waals surface area (Å²) in [6, 6.07) is 8.66. The maximum atomic E-state index is 12.1. The second kappa shape index (κ2) is 13.4. The van der Waals surface area contributed by atoms with Crippen LogP contribution in [-0.2, 0) is 15.1 Å². The predicted molar refractivity (Wildman–Crippen MR) is 137 cm³/mol. The van der Waals surface area contributed by atoms with Crippen LogP contribution in [0.4, 0.5) is 0 Å². The molecule has 1 aromatic rings. The summed E-state index contributed by atoms with van der Waals surface area (Å²) in [5, 5.41) is 31.3. The van der Waals surface area contributed by atoms with Crippen molar-refractivity contribution >= 4 is 5.97 Å². The number of aliphatic hydroxyl groups excluding tert-OH is 2. The summed E-state index contributed by atoms with van der Waals surface area (Å²) in [5.74, 6) is -0.555. The summed E-state index contributed by atoms with van der Waals surface area (Å²) in [4.78, 5) is 12.1. The van der Waals surface area contributed by atoms with Crippen LogP contribution in [0.25, 0.3) is 0 Å². The molecule has 0 amide bonds. The van der Waals surface area contributed by atoms with Crippen molar-refractivity contribution < 1.29 is 24.9 Å². The zero-order chi connectivity index (χ0) is 25.2. The zero-order valence-corrected chi connectivity index (χ0v) is 21.6. The second-order valence-corrected chi connectivity index (χ2v) is 10.8. The standard InChI is InChI=1S/C29H46O5/c1-5-20-28(2,3)21-12-11-13-22-18-19-25(30)24(22)16-9-10-17-26(31)29(34-4,27(32)33)23-14-7-6-8-15-23/h6-8,11,13-15,22,24-26,30-31H,5,9-10,12,16-21H2,1-4H3,(H,32,33)/t22-,24+,25-,26?,29?/m0/s1. The molecule has 0 radical (unpaired) electrons. The van der Waals surface area contributed by atoms with E-state index in [4.69, 9.17) is 4.74 Å². The number of allylic oxidation sites excluding steroid dienone is 2. The number of carboxylic acid groups (broad SMARTS) is 1. The van der Waals surface area contributed by atoms with Crippen LogP contribution in [0.1, 0.15) is 90.5 Å². The van der Waals surface area contributed by atoms with Crippen molar-refractivity contribution in [2.24, 2.45) is 17.3 Å². The third-order valence-corrected chi connectivity index (χ3v) is 7.71. The maximum absolute atomic E-state index is 12.1. The Balaban J connectivity index is 1.88. The predicted octanol–water partition coefficient (Wildman–Crippen LogP) is 6.08. The fourth-order valence-electron chi connectivity index (χ4n) is 5.68. The molecule has 2 rings (SSSR count). The number of carboxylic acids is 1. The van der Waals surface area contributed by atoms with Crippen molar-refractivity contribution in [2.75, 3.05) is 7.11 Å². The van der Waals surface area contributed by atoms with E-state index in [2.05, 4.69) is 32.9 Å². The quantitative estimate of drug-likeness (QED) is 0.212. The molecule has 0 heterocycles. The molecule has 0 spiro atoms. The van der Waals surface area contributed by atoms with Gasteiger partial charge < -0.3 is 20.1 Å². The van der Waals surface area contributed by atoms with Crippen LogP contribution in [0.3, 0.4) is 0 Å². The lowest BCUT2D eigenvalue weighted by atomic mass is 9.83. The van der Waals surface area contributed by atoms with E-state index < -0.39 is 17.7 Å². The van der Waals surface area contributed by atoms with Crippen molar-refractivity contribution in [2.45, 2.75) is 103 Å². The number of rotatable bonds is 15. The van der Waals surface area contributed by atoms with E-state index in [1.807, 2.05) is 6.07 Å². The van der Waals surface area contributed by atoms with Crippen LogP contribution in [0, 0.1) is 17.3 Å². The van der Waals surface area contributed by atoms with Gasteiger partial charge in [-0.05, 0) is 67.8 Å². The van der Waals surface area contributed by atoms with Crippen molar-refractivity contribution in [1.82, 2.24) is 0 Å². The van der Waals surface area contributed by atoms with Crippen LogP contribution in [0.5, 0.6) is 0 Å². The van der Waals surface area contributed by atoms with Crippen LogP contribution in [0.15, 0.2) is 42.5 Å². The van der Waals surface area contributed by atoms with Crippen molar-refractivity contribution in [1.29, 1.82) is 0 Å². The van der Waals surface area contributed by atoms with Gasteiger partial charge in [-0.15, -0.1) is 0 Å². The van der Waals surface area contributed by atoms with Gasteiger partial charge in [0.1, 0.15) is 0 Å². The summed E-state index contributed by atoms with van der Waals surface area (Å²) in [6.45, 7) is 6.91. The Labute approximate surface area is 206 Å². The molecule has 5 nitrogen and oxygen atoms in total. The van der Waals surface area contributed by atoms with Crippen molar-refractivity contribution in [3.63, 3.8) is 0 Å². The minimum absolute atomic E-state index is 0.234. The lowest BCUT2D eigenvalue weighted by Gasteiger charge is -2.33. The number of carbonyl (C=O) groups is 1. The van der Waals surface area contributed by atoms with E-state index in [1.54, 1.807) is 24.3 Å². The van der Waals surface area contributed by atoms with Crippen LogP contribution in [0.2, 0.25) is 0 Å². The molecule has 2 unspecified atom stereocenters. The van der Waals surface area contributed by atoms with Gasteiger partial charge in [-0.25, -0.2) is 4.79 Å². The first kappa shape index (κ1) is 28.5. The van der Waals surface area contributed by atoms with Gasteiger partial charge in [-0.3, -0.25) is 0 Å². The molecule has 0 bridgehead atoms. The van der Waals surface area contributed by atoms with E-state index in [-0.39, 0.29) is 12.0 Å². The Bertz CT molecular complexity index is 759. The lowest BCUT2D eigenvalue weighted by Crippen LogP contribution is -2.48. The molecule has 0 aliphatic heterocycles. The van der Waals surface area contributed by atoms with Crippen molar-refractivity contribution in [3.8, 4) is 0 Å². The second-order valence-electron chi connectivity index (χ2n) is 10.8. The summed E-state index contributed by atoms with van der Waals surface area (Å²) in [5.41, 5.74) is -0.955. The fourth-order valence-corrected chi connectivity index (χ4v) is 5.68. The molecule has 34 heavy (non-hydrogen) atoms. The Morgan fingerprint density at radius 1 is 1.18 bits per heavy atom. The van der Waals surface area contributed by atoms with Gasteiger partial charge >= 0.3 is 5.97 Å². The molecule has 5 atom stereocenters. The number of aliphatic carboxylic acids is 1. The molecule has 0 aromatic heterocycles. The Kier molecular flexibility index (Phi) is 11.3. The number of unbranched alkanes of at least 4 members (excludes halogenated alkanes) is 1. The molecule has 192 valence electrons. The highest BCUT2D eigenvalue weighted by molar-refractivity contribution is 5.80. The van der Waals surface area contributed by atoms with Crippen LogP contribution < -0.4 is 0 Å². The third-order valence-electron chi connectivity index (χ3n) is 7.71. The highest BCUT2D eigenvalue weighted by Gasteiger charge is 2.47. The largest absolute Gasteiger partial charge is 0.479 e. The van der Waals surface area contributed by atoms with Crippen molar-refractivity contribution in [3.05, 3.63) is 48.0 Å². The van der Waals surface area contributed by atoms with Gasteiger partial charge in [0.2, 0.25) is 5.60 Å². The topological polar surface area (TPSA) is 87.0 Å². The highest BCUT2D eigenvalue weighted by Crippen LogP contribution is 2.38. The molecule has 1 fully saturated rings. The summed E-state index contributed by atoms with van der Waals surface area (Å²) >= 11 is 0. The molecule has 1 aromatic carbocycles. The zero-order valence-electron chi connectivity index (χ0n) is 21.6. The first-order valence-corrected chi connectivity index (χ1v) is 13.0. The number of aliphatic hydroxyl groups is 2. The van der Waals surface area contributed by atoms with Gasteiger partial charge in [0.25, 0.3) is 0 Å². The molecule has 1 aliphatic rings. The monoisotopic (exact) mass is 474 g/mol. The Morgan fingerprint density at radius 2 is 1.88 bits per heavy atom. The molecule has 0 saturated heterocycles. The molecular formula is C29H46O5. The normalized spacial score (nSPS) is 23.8. The van der Waals surface area contributed by atoms with E-state index >= 15 is 0 Å². The minimum Gasteiger partial charge on any atom is -0.479 e. The number of hydrogen-bond acceptors (Lipinski definition) is 4. The lowest BCUT2D eigenvalue weighted by molar-refractivity contribution is -0.181. The summed E-state index contributed by atoms with van der Waals surface area (Å²) in [6.07, 6.45) is 12.5. The first-order chi connectivity index (χ1) is 16.2. The first-order valence-electron chi connectivity index (χ1n) is 13.0. The SMILES string of the molecule is CCCC(C)(C)CCC=C[C@H]1CC[C@H](O)[C@@H]1CCCCC(O)C(OC)(C(=O)O)c1ccccc1. The molecule has 1 saturated carbocycles. The smallest absolute Gasteiger partial charge is 0.343 e. The number of ether oxygens (including phenoxy) is 1. The summed E-state index contributed by atoms with van der Waals surface area (Å²) < 4.78 is 5.41. The third kappa shape index (κ3) is 7.40. The van der Waals surface area contributed by atoms with Crippen LogP contribution in [-0.4, -0.2) is 40.6 Å². The summed E-state index contributed by atoms with van der Waals surface area (Å²) in [7, 11) is 1.33. The van der Waals surface area contributed by atoms with Gasteiger partial charge in [0, 0.05) is 7.11 Å². The van der Waals surface area contributed by atoms with Gasteiger partial charge in [-0.2, -0.15) is 0 Å². The Hall–Kier alpha value is -1.69. The minimum atomic E-state index is -1.77. The fraction of sp³-hybridized carbons (Fsp3) is 0.690. The Morgan fingerprint density at radius 3 is 2.50 bits per heavy atom. The van der Waals surface area contributed by atoms with Gasteiger partial charge in [0.15, 0.2) is 0 Å². The number of hydrogen-bond donors (Lipinski definition) is 3. The molecule has 5 heteroatoms.